The van der Waals surface area contributed by atoms with Gasteiger partial charge in [-0.3, -0.25) is 14.4 Å². The Morgan fingerprint density at radius 3 is 2.64 bits per heavy atom. The highest BCUT2D eigenvalue weighted by atomic mass is 16.6. The minimum absolute atomic E-state index is 0.100. The summed E-state index contributed by atoms with van der Waals surface area (Å²) in [6.07, 6.45) is 4.72. The molecule has 7 atom stereocenters. The first-order valence-electron chi connectivity index (χ1n) is 13.9. The molecule has 0 aromatic heterocycles. The molecule has 1 spiro atoms. The number of esters is 1. The number of hydrogen-bond acceptors (Lipinski definition) is 6. The van der Waals surface area contributed by atoms with Crippen LogP contribution >= 0.6 is 0 Å². The molecule has 2 amide bonds. The second-order valence-corrected chi connectivity index (χ2v) is 11.5. The van der Waals surface area contributed by atoms with Gasteiger partial charge in [-0.15, -0.1) is 13.2 Å². The van der Waals surface area contributed by atoms with Crippen LogP contribution in [0, 0.1) is 31.6 Å². The topological polar surface area (TPSA) is 96.4 Å². The third kappa shape index (κ3) is 4.42. The van der Waals surface area contributed by atoms with E-state index in [2.05, 4.69) is 13.2 Å². The van der Waals surface area contributed by atoms with Crippen molar-refractivity contribution >= 4 is 23.5 Å². The van der Waals surface area contributed by atoms with Crippen molar-refractivity contribution in [2.24, 2.45) is 17.8 Å². The van der Waals surface area contributed by atoms with Gasteiger partial charge in [0.05, 0.1) is 30.8 Å². The lowest BCUT2D eigenvalue weighted by molar-refractivity contribution is -0.162. The van der Waals surface area contributed by atoms with Crippen LogP contribution in [-0.4, -0.2) is 70.8 Å². The van der Waals surface area contributed by atoms with Crippen LogP contribution in [0.3, 0.4) is 0 Å². The Labute approximate surface area is 231 Å². The molecule has 8 heteroatoms. The number of carbonyl (C=O) groups is 3. The first-order valence-corrected chi connectivity index (χ1v) is 13.9. The summed E-state index contributed by atoms with van der Waals surface area (Å²) in [5.41, 5.74) is 0.465. The van der Waals surface area contributed by atoms with Gasteiger partial charge in [0.1, 0.15) is 17.6 Å². The van der Waals surface area contributed by atoms with Gasteiger partial charge in [0.25, 0.3) is 5.91 Å². The largest absolute Gasteiger partial charge is 0.465 e. The number of ether oxygens (including phenoxy) is 2. The number of nitrogens with zero attached hydrogens (tertiary/aromatic N) is 2. The van der Waals surface area contributed by atoms with E-state index in [1.165, 1.54) is 4.90 Å². The van der Waals surface area contributed by atoms with Gasteiger partial charge in [-0.1, -0.05) is 38.1 Å². The average Bonchev–Trinajstić information content (AvgIpc) is 3.41. The van der Waals surface area contributed by atoms with Crippen LogP contribution in [-0.2, 0) is 23.9 Å². The fourth-order valence-corrected chi connectivity index (χ4v) is 7.05. The minimum Gasteiger partial charge on any atom is -0.465 e. The molecule has 0 radical (unpaired) electrons. The number of carbonyl (C=O) groups excluding carboxylic acids is 3. The summed E-state index contributed by atoms with van der Waals surface area (Å²) < 4.78 is 12.4. The van der Waals surface area contributed by atoms with E-state index in [4.69, 9.17) is 9.47 Å². The van der Waals surface area contributed by atoms with Gasteiger partial charge >= 0.3 is 5.97 Å². The van der Waals surface area contributed by atoms with Crippen LogP contribution in [0.1, 0.15) is 51.2 Å². The zero-order valence-corrected chi connectivity index (χ0v) is 23.8. The molecule has 0 aliphatic carbocycles. The van der Waals surface area contributed by atoms with Gasteiger partial charge in [-0.2, -0.15) is 0 Å². The molecular formula is C31H42N2O6. The molecule has 0 saturated carbocycles. The normalized spacial score (nSPS) is 31.6. The van der Waals surface area contributed by atoms with Crippen molar-refractivity contribution < 1.29 is 29.0 Å². The van der Waals surface area contributed by atoms with E-state index >= 15 is 0 Å². The van der Waals surface area contributed by atoms with Crippen molar-refractivity contribution in [2.45, 2.75) is 77.2 Å². The van der Waals surface area contributed by atoms with Gasteiger partial charge in [-0.05, 0) is 63.1 Å². The van der Waals surface area contributed by atoms with Crippen molar-refractivity contribution in [1.29, 1.82) is 0 Å². The molecule has 3 aliphatic rings. The molecule has 3 saturated heterocycles. The van der Waals surface area contributed by atoms with Gasteiger partial charge in [0.15, 0.2) is 0 Å². The lowest BCUT2D eigenvalue weighted by Gasteiger charge is -2.39. The van der Waals surface area contributed by atoms with Crippen molar-refractivity contribution in [3.05, 3.63) is 54.6 Å². The number of aliphatic hydroxyl groups excluding tert-OH is 1. The van der Waals surface area contributed by atoms with E-state index in [0.29, 0.717) is 19.3 Å². The zero-order chi connectivity index (χ0) is 28.7. The van der Waals surface area contributed by atoms with Crippen molar-refractivity contribution in [3.8, 4) is 0 Å². The summed E-state index contributed by atoms with van der Waals surface area (Å²) in [6.45, 7) is 17.3. The first-order chi connectivity index (χ1) is 18.5. The number of fused-ring (bicyclic) bond motifs is 1. The third-order valence-electron chi connectivity index (χ3n) is 9.12. The zero-order valence-electron chi connectivity index (χ0n) is 23.8. The molecule has 4 rings (SSSR count). The van der Waals surface area contributed by atoms with Crippen molar-refractivity contribution in [2.75, 3.05) is 24.7 Å². The number of likely N-dealkylation sites (tertiary alicyclic amines) is 1. The van der Waals surface area contributed by atoms with E-state index < -0.39 is 41.1 Å². The molecule has 39 heavy (non-hydrogen) atoms. The highest BCUT2D eigenvalue weighted by Crippen LogP contribution is 2.65. The maximum absolute atomic E-state index is 14.7. The number of rotatable bonds is 11. The Bertz CT molecular complexity index is 1160. The Morgan fingerprint density at radius 2 is 2.03 bits per heavy atom. The molecule has 2 bridgehead atoms. The molecule has 212 valence electrons. The highest BCUT2D eigenvalue weighted by molar-refractivity contribution is 6.05. The summed E-state index contributed by atoms with van der Waals surface area (Å²) in [6, 6.07) is 4.29. The van der Waals surface area contributed by atoms with Crippen LogP contribution in [0.25, 0.3) is 0 Å². The molecule has 3 unspecified atom stereocenters. The molecule has 3 heterocycles. The molecule has 1 aromatic rings. The maximum atomic E-state index is 14.7. The second-order valence-electron chi connectivity index (χ2n) is 11.5. The van der Waals surface area contributed by atoms with E-state index in [-0.39, 0.29) is 37.5 Å². The monoisotopic (exact) mass is 538 g/mol. The summed E-state index contributed by atoms with van der Waals surface area (Å²) in [7, 11) is 0. The Morgan fingerprint density at radius 1 is 1.31 bits per heavy atom. The number of amides is 2. The number of aryl methyl sites for hydroxylation is 2. The Hall–Kier alpha value is -2.97. The van der Waals surface area contributed by atoms with Crippen LogP contribution in [0.4, 0.5) is 5.69 Å². The minimum atomic E-state index is -1.22. The van der Waals surface area contributed by atoms with E-state index in [1.807, 2.05) is 52.8 Å². The lowest BCUT2D eigenvalue weighted by Crippen LogP contribution is -2.59. The fourth-order valence-electron chi connectivity index (χ4n) is 7.05. The van der Waals surface area contributed by atoms with Gasteiger partial charge in [0, 0.05) is 12.2 Å². The number of aliphatic hydroxyl groups is 1. The van der Waals surface area contributed by atoms with Crippen molar-refractivity contribution in [3.63, 3.8) is 0 Å². The van der Waals surface area contributed by atoms with Crippen molar-refractivity contribution in [1.82, 2.24) is 4.90 Å². The third-order valence-corrected chi connectivity index (χ3v) is 9.12. The van der Waals surface area contributed by atoms with Crippen LogP contribution < -0.4 is 4.90 Å². The summed E-state index contributed by atoms with van der Waals surface area (Å²) in [4.78, 5) is 45.7. The predicted octanol–water partition coefficient (Wildman–Crippen LogP) is 3.72. The number of hydrogen-bond donors (Lipinski definition) is 1. The van der Waals surface area contributed by atoms with E-state index in [0.717, 1.165) is 16.8 Å². The summed E-state index contributed by atoms with van der Waals surface area (Å²) in [5, 5.41) is 10.3. The Balaban J connectivity index is 1.86. The van der Waals surface area contributed by atoms with Gasteiger partial charge < -0.3 is 24.4 Å². The average molecular weight is 539 g/mol. The van der Waals surface area contributed by atoms with Gasteiger partial charge in [-0.25, -0.2) is 0 Å². The highest BCUT2D eigenvalue weighted by Gasteiger charge is 2.80. The smallest absolute Gasteiger partial charge is 0.312 e. The molecule has 1 aromatic carbocycles. The Kier molecular flexibility index (Phi) is 8.11. The fraction of sp³-hybridized carbons (Fsp3) is 0.581. The second kappa shape index (κ2) is 10.9. The quantitative estimate of drug-likeness (QED) is 0.262. The summed E-state index contributed by atoms with van der Waals surface area (Å²) >= 11 is 0. The number of anilines is 1. The number of benzene rings is 1. The lowest BCUT2D eigenvalue weighted by atomic mass is 9.62. The SMILES string of the molecule is C=CCCOC(=O)[C@H]1[C@H]2C(=O)N([C@@H](CC)CO)C(C(=O)N(CC=C)c3cc(C)ccc3C)C23CC(C)[C@]1(C)O3. The molecule has 1 N–H and O–H groups in total. The molecule has 8 nitrogen and oxygen atoms in total. The molecule has 3 aliphatic heterocycles. The standard InChI is InChI=1S/C31H42N2O6/c1-8-11-15-38-29(37)25-24-27(35)33(22(10-3)18-34)26(31(24)17-21(6)30(25,7)39-31)28(36)32(14-9-2)23-16-19(4)12-13-20(23)5/h8-9,12-13,16,21-22,24-26,34H,1-2,10-11,14-15,17-18H2,3-7H3/t21?,22-,24-,25+,26?,30-,31?/m0/s1. The van der Waals surface area contributed by atoms with E-state index in [9.17, 15) is 19.5 Å². The maximum Gasteiger partial charge on any atom is 0.312 e. The predicted molar refractivity (Wildman–Crippen MR) is 149 cm³/mol. The van der Waals surface area contributed by atoms with Gasteiger partial charge in [0.2, 0.25) is 5.91 Å². The first kappa shape index (κ1) is 29.0. The summed E-state index contributed by atoms with van der Waals surface area (Å²) in [5.74, 6) is -2.97. The van der Waals surface area contributed by atoms with Crippen LogP contribution in [0.2, 0.25) is 0 Å². The molecular weight excluding hydrogens is 496 g/mol. The van der Waals surface area contributed by atoms with E-state index in [1.54, 1.807) is 17.1 Å². The molecule has 3 fully saturated rings. The van der Waals surface area contributed by atoms with Crippen LogP contribution in [0.15, 0.2) is 43.5 Å². The van der Waals surface area contributed by atoms with Crippen LogP contribution in [0.5, 0.6) is 0 Å².